The number of ether oxygens (including phenoxy) is 2. The van der Waals surface area contributed by atoms with Crippen LogP contribution in [0, 0.1) is 0 Å². The van der Waals surface area contributed by atoms with Crippen molar-refractivity contribution in [3.8, 4) is 0 Å². The Morgan fingerprint density at radius 2 is 2.07 bits per heavy atom. The molecule has 1 N–H and O–H groups in total. The highest BCUT2D eigenvalue weighted by atomic mass is 16.6. The summed E-state index contributed by atoms with van der Waals surface area (Å²) in [5, 5.41) is 8.55. The van der Waals surface area contributed by atoms with E-state index in [1.54, 1.807) is 0 Å². The van der Waals surface area contributed by atoms with Crippen LogP contribution in [-0.2, 0) is 19.1 Å². The Bertz CT molecular complexity index is 202. The van der Waals surface area contributed by atoms with Gasteiger partial charge in [0.15, 0.2) is 0 Å². The van der Waals surface area contributed by atoms with E-state index in [4.69, 9.17) is 14.6 Å². The lowest BCUT2D eigenvalue weighted by molar-refractivity contribution is -0.155. The number of carbonyl (C=O) groups is 2. The fourth-order valence-electron chi connectivity index (χ4n) is 1.08. The van der Waals surface area contributed by atoms with Crippen LogP contribution in [0.25, 0.3) is 0 Å². The second-order valence-corrected chi connectivity index (χ2v) is 3.27. The third-order valence-corrected chi connectivity index (χ3v) is 1.79. The normalized spacial score (nSPS) is 12.1. The maximum atomic E-state index is 11.2. The summed E-state index contributed by atoms with van der Waals surface area (Å²) in [5.41, 5.74) is 0. The Hall–Kier alpha value is -1.10. The standard InChI is InChI=1S/C10H18O5/c1-3-4-5-10(13)15-8(7-14-2)6-9(11)12/h8H,3-7H2,1-2H3,(H,11,12). The van der Waals surface area contributed by atoms with Crippen molar-refractivity contribution in [3.05, 3.63) is 0 Å². The van der Waals surface area contributed by atoms with Crippen LogP contribution in [0.15, 0.2) is 0 Å². The van der Waals surface area contributed by atoms with Gasteiger partial charge in [0.25, 0.3) is 0 Å². The molecular formula is C10H18O5. The van der Waals surface area contributed by atoms with Gasteiger partial charge in [0.2, 0.25) is 0 Å². The second kappa shape index (κ2) is 8.23. The first-order chi connectivity index (χ1) is 7.10. The van der Waals surface area contributed by atoms with Crippen molar-refractivity contribution in [2.24, 2.45) is 0 Å². The van der Waals surface area contributed by atoms with Gasteiger partial charge in [-0.05, 0) is 6.42 Å². The Morgan fingerprint density at radius 1 is 1.40 bits per heavy atom. The van der Waals surface area contributed by atoms with Crippen LogP contribution in [0.4, 0.5) is 0 Å². The third-order valence-electron chi connectivity index (χ3n) is 1.79. The molecule has 0 aliphatic carbocycles. The van der Waals surface area contributed by atoms with E-state index in [-0.39, 0.29) is 19.0 Å². The van der Waals surface area contributed by atoms with E-state index in [9.17, 15) is 9.59 Å². The smallest absolute Gasteiger partial charge is 0.307 e. The van der Waals surface area contributed by atoms with Gasteiger partial charge in [0.05, 0.1) is 13.0 Å². The summed E-state index contributed by atoms with van der Waals surface area (Å²) in [7, 11) is 1.44. The Morgan fingerprint density at radius 3 is 2.53 bits per heavy atom. The summed E-state index contributed by atoms with van der Waals surface area (Å²) in [6, 6.07) is 0. The second-order valence-electron chi connectivity index (χ2n) is 3.27. The number of carbonyl (C=O) groups excluding carboxylic acids is 1. The van der Waals surface area contributed by atoms with E-state index in [1.165, 1.54) is 7.11 Å². The molecular weight excluding hydrogens is 200 g/mol. The average molecular weight is 218 g/mol. The van der Waals surface area contributed by atoms with Gasteiger partial charge in [-0.25, -0.2) is 0 Å². The van der Waals surface area contributed by atoms with E-state index in [0.29, 0.717) is 6.42 Å². The molecule has 5 heteroatoms. The highest BCUT2D eigenvalue weighted by Crippen LogP contribution is 2.04. The molecule has 1 unspecified atom stereocenters. The van der Waals surface area contributed by atoms with Gasteiger partial charge in [0, 0.05) is 13.5 Å². The molecule has 1 atom stereocenters. The number of rotatable bonds is 8. The van der Waals surface area contributed by atoms with Gasteiger partial charge < -0.3 is 14.6 Å². The van der Waals surface area contributed by atoms with E-state index in [1.807, 2.05) is 6.92 Å². The van der Waals surface area contributed by atoms with Crippen molar-refractivity contribution in [2.45, 2.75) is 38.7 Å². The summed E-state index contributed by atoms with van der Waals surface area (Å²) in [5.74, 6) is -1.36. The summed E-state index contributed by atoms with van der Waals surface area (Å²) < 4.78 is 9.73. The first-order valence-electron chi connectivity index (χ1n) is 5.00. The van der Waals surface area contributed by atoms with Crippen LogP contribution < -0.4 is 0 Å². The number of hydrogen-bond donors (Lipinski definition) is 1. The van der Waals surface area contributed by atoms with Crippen molar-refractivity contribution in [1.29, 1.82) is 0 Å². The molecule has 88 valence electrons. The topological polar surface area (TPSA) is 72.8 Å². The fraction of sp³-hybridized carbons (Fsp3) is 0.800. The van der Waals surface area contributed by atoms with Gasteiger partial charge in [-0.1, -0.05) is 13.3 Å². The summed E-state index contributed by atoms with van der Waals surface area (Å²) in [6.45, 7) is 2.08. The molecule has 0 saturated heterocycles. The van der Waals surface area contributed by atoms with Crippen LogP contribution in [0.3, 0.4) is 0 Å². The molecule has 0 aromatic carbocycles. The zero-order chi connectivity index (χ0) is 11.7. The van der Waals surface area contributed by atoms with Crippen LogP contribution in [0.1, 0.15) is 32.6 Å². The Balaban J connectivity index is 3.92. The van der Waals surface area contributed by atoms with Crippen molar-refractivity contribution in [2.75, 3.05) is 13.7 Å². The first kappa shape index (κ1) is 13.9. The lowest BCUT2D eigenvalue weighted by atomic mass is 10.2. The SMILES string of the molecule is CCCCC(=O)OC(COC)CC(=O)O. The lowest BCUT2D eigenvalue weighted by Gasteiger charge is -2.14. The number of unbranched alkanes of at least 4 members (excludes halogenated alkanes) is 1. The van der Waals surface area contributed by atoms with Crippen molar-refractivity contribution in [3.63, 3.8) is 0 Å². The predicted molar refractivity (Wildman–Crippen MR) is 53.5 cm³/mol. The minimum atomic E-state index is -1.000. The molecule has 0 bridgehead atoms. The largest absolute Gasteiger partial charge is 0.481 e. The molecule has 0 aliphatic heterocycles. The van der Waals surface area contributed by atoms with Crippen LogP contribution >= 0.6 is 0 Å². The highest BCUT2D eigenvalue weighted by molar-refractivity contribution is 5.71. The molecule has 5 nitrogen and oxygen atoms in total. The predicted octanol–water partition coefficient (Wildman–Crippen LogP) is 1.21. The molecule has 0 radical (unpaired) electrons. The van der Waals surface area contributed by atoms with Gasteiger partial charge in [-0.15, -0.1) is 0 Å². The lowest BCUT2D eigenvalue weighted by Crippen LogP contribution is -2.25. The van der Waals surface area contributed by atoms with Crippen molar-refractivity contribution in [1.82, 2.24) is 0 Å². The zero-order valence-electron chi connectivity index (χ0n) is 9.19. The molecule has 0 amide bonds. The van der Waals surface area contributed by atoms with E-state index in [0.717, 1.165) is 12.8 Å². The molecule has 0 aromatic heterocycles. The number of carboxylic acid groups (broad SMARTS) is 1. The maximum absolute atomic E-state index is 11.2. The van der Waals surface area contributed by atoms with Gasteiger partial charge in [0.1, 0.15) is 6.10 Å². The molecule has 0 rings (SSSR count). The third kappa shape index (κ3) is 7.93. The number of hydrogen-bond acceptors (Lipinski definition) is 4. The quantitative estimate of drug-likeness (QED) is 0.620. The van der Waals surface area contributed by atoms with Crippen molar-refractivity contribution < 1.29 is 24.2 Å². The molecule has 0 aliphatic rings. The van der Waals surface area contributed by atoms with Crippen molar-refractivity contribution >= 4 is 11.9 Å². The van der Waals surface area contributed by atoms with Crippen LogP contribution in [0.2, 0.25) is 0 Å². The van der Waals surface area contributed by atoms with E-state index < -0.39 is 12.1 Å². The van der Waals surface area contributed by atoms with E-state index >= 15 is 0 Å². The number of esters is 1. The van der Waals surface area contributed by atoms with Crippen LogP contribution in [-0.4, -0.2) is 36.9 Å². The summed E-state index contributed by atoms with van der Waals surface area (Å²) in [6.07, 6.45) is 1.09. The Kier molecular flexibility index (Phi) is 7.62. The minimum absolute atomic E-state index is 0.115. The number of carboxylic acids is 1. The molecule has 0 saturated carbocycles. The van der Waals surface area contributed by atoms with Crippen LogP contribution in [0.5, 0.6) is 0 Å². The monoisotopic (exact) mass is 218 g/mol. The number of methoxy groups -OCH3 is 1. The molecule has 15 heavy (non-hydrogen) atoms. The maximum Gasteiger partial charge on any atom is 0.307 e. The molecule has 0 heterocycles. The first-order valence-corrected chi connectivity index (χ1v) is 5.00. The van der Waals surface area contributed by atoms with Gasteiger partial charge >= 0.3 is 11.9 Å². The van der Waals surface area contributed by atoms with Gasteiger partial charge in [-0.3, -0.25) is 9.59 Å². The molecule has 0 spiro atoms. The summed E-state index contributed by atoms with van der Waals surface area (Å²) in [4.78, 5) is 21.6. The van der Waals surface area contributed by atoms with Gasteiger partial charge in [-0.2, -0.15) is 0 Å². The number of aliphatic carboxylic acids is 1. The Labute approximate surface area is 89.4 Å². The fourth-order valence-corrected chi connectivity index (χ4v) is 1.08. The molecule has 0 aromatic rings. The average Bonchev–Trinajstić information content (AvgIpc) is 2.14. The van der Waals surface area contributed by atoms with E-state index in [2.05, 4.69) is 0 Å². The summed E-state index contributed by atoms with van der Waals surface area (Å²) >= 11 is 0. The minimum Gasteiger partial charge on any atom is -0.481 e. The molecule has 0 fully saturated rings. The highest BCUT2D eigenvalue weighted by Gasteiger charge is 2.17. The zero-order valence-corrected chi connectivity index (χ0v) is 9.19.